The van der Waals surface area contributed by atoms with Gasteiger partial charge in [0, 0.05) is 22.6 Å². The van der Waals surface area contributed by atoms with E-state index in [0.29, 0.717) is 5.41 Å². The highest BCUT2D eigenvalue weighted by molar-refractivity contribution is 5.95. The van der Waals surface area contributed by atoms with E-state index in [4.69, 9.17) is 4.98 Å². The van der Waals surface area contributed by atoms with Crippen LogP contribution in [-0.2, 0) is 5.41 Å². The molecule has 3 saturated carbocycles. The largest absolute Gasteiger partial charge is 0.256 e. The minimum absolute atomic E-state index is 0.374. The fourth-order valence-electron chi connectivity index (χ4n) is 9.24. The van der Waals surface area contributed by atoms with Crippen LogP contribution in [0, 0.1) is 31.6 Å². The molecule has 0 bridgehead atoms. The van der Waals surface area contributed by atoms with Gasteiger partial charge in [0.05, 0.1) is 5.69 Å². The fourth-order valence-corrected chi connectivity index (χ4v) is 9.24. The molecule has 0 saturated heterocycles. The van der Waals surface area contributed by atoms with Crippen LogP contribution in [0.4, 0.5) is 0 Å². The van der Waals surface area contributed by atoms with Gasteiger partial charge in [-0.3, -0.25) is 4.98 Å². The number of fused-ring (bicyclic) bond motifs is 1. The average Bonchev–Trinajstić information content (AvgIpc) is 2.94. The Balaban J connectivity index is 1.52. The monoisotopic (exact) mass is 493 g/mol. The van der Waals surface area contributed by atoms with Crippen LogP contribution in [0.25, 0.3) is 22.0 Å². The van der Waals surface area contributed by atoms with Crippen molar-refractivity contribution in [3.63, 3.8) is 0 Å². The summed E-state index contributed by atoms with van der Waals surface area (Å²) in [7, 11) is 0. The minimum Gasteiger partial charge on any atom is -0.256 e. The van der Waals surface area contributed by atoms with Crippen molar-refractivity contribution >= 4 is 10.8 Å². The second-order valence-corrected chi connectivity index (χ2v) is 12.9. The highest BCUT2D eigenvalue weighted by Gasteiger charge is 2.51. The molecule has 1 nitrogen and oxygen atoms in total. The summed E-state index contributed by atoms with van der Waals surface area (Å²) in [6, 6.07) is 16.9. The van der Waals surface area contributed by atoms with E-state index in [1.807, 2.05) is 0 Å². The standard InChI is InChI=1S/C36H47N/c1-26-22-27(2)24-29(23-26)35-34-19-18-33(25-28(34)20-21-37-35)36(30-12-6-3-7-13-30,31-14-8-4-9-15-31)32-16-10-5-11-17-32/h18-25,30-32H,3-17H2,1-2H3. The van der Waals surface area contributed by atoms with Crippen molar-refractivity contribution in [2.75, 3.05) is 0 Å². The molecule has 3 aliphatic carbocycles. The maximum Gasteiger partial charge on any atom is 0.0780 e. The van der Waals surface area contributed by atoms with Crippen molar-refractivity contribution < 1.29 is 0 Å². The predicted molar refractivity (Wildman–Crippen MR) is 158 cm³/mol. The summed E-state index contributed by atoms with van der Waals surface area (Å²) in [5, 5.41) is 2.72. The number of hydrogen-bond donors (Lipinski definition) is 0. The van der Waals surface area contributed by atoms with Crippen molar-refractivity contribution in [1.29, 1.82) is 0 Å². The first-order valence-electron chi connectivity index (χ1n) is 15.6. The average molecular weight is 494 g/mol. The molecule has 1 heteroatoms. The third kappa shape index (κ3) is 4.77. The Morgan fingerprint density at radius 1 is 0.595 bits per heavy atom. The maximum absolute atomic E-state index is 4.92. The molecule has 0 radical (unpaired) electrons. The molecule has 1 heterocycles. The van der Waals surface area contributed by atoms with E-state index in [0.717, 1.165) is 23.4 Å². The highest BCUT2D eigenvalue weighted by Crippen LogP contribution is 2.58. The fraction of sp³-hybridized carbons (Fsp3) is 0.583. The smallest absolute Gasteiger partial charge is 0.0780 e. The van der Waals surface area contributed by atoms with Crippen LogP contribution >= 0.6 is 0 Å². The number of benzene rings is 2. The predicted octanol–water partition coefficient (Wildman–Crippen LogP) is 10.5. The zero-order valence-corrected chi connectivity index (χ0v) is 23.4. The molecule has 0 aliphatic heterocycles. The van der Waals surface area contributed by atoms with Gasteiger partial charge in [-0.2, -0.15) is 0 Å². The summed E-state index contributed by atoms with van der Waals surface area (Å²) in [6.45, 7) is 4.40. The van der Waals surface area contributed by atoms with Crippen molar-refractivity contribution in [3.8, 4) is 11.3 Å². The molecule has 0 unspecified atom stereocenters. The Labute approximate surface area is 225 Å². The Hall–Kier alpha value is -2.15. The van der Waals surface area contributed by atoms with Crippen LogP contribution < -0.4 is 0 Å². The third-order valence-corrected chi connectivity index (χ3v) is 10.6. The van der Waals surface area contributed by atoms with Crippen LogP contribution in [0.15, 0.2) is 48.7 Å². The number of rotatable bonds is 5. The molecule has 0 atom stereocenters. The zero-order chi connectivity index (χ0) is 25.2. The summed E-state index contributed by atoms with van der Waals surface area (Å²) >= 11 is 0. The SMILES string of the molecule is Cc1cc(C)cc(-c2nccc3cc(C(C4CCCCC4)(C4CCCCC4)C4CCCCC4)ccc23)c1. The van der Waals surface area contributed by atoms with Crippen LogP contribution in [-0.4, -0.2) is 4.98 Å². The molecule has 3 aliphatic rings. The number of nitrogens with zero attached hydrogens (tertiary/aromatic N) is 1. The first kappa shape index (κ1) is 25.1. The lowest BCUT2D eigenvalue weighted by molar-refractivity contribution is 0.0245. The molecular formula is C36H47N. The Kier molecular flexibility index (Phi) is 7.42. The van der Waals surface area contributed by atoms with Crippen molar-refractivity contribution in [1.82, 2.24) is 4.98 Å². The maximum atomic E-state index is 4.92. The van der Waals surface area contributed by atoms with E-state index < -0.39 is 0 Å². The molecule has 196 valence electrons. The van der Waals surface area contributed by atoms with Gasteiger partial charge in [0.25, 0.3) is 0 Å². The van der Waals surface area contributed by atoms with Gasteiger partial charge in [-0.25, -0.2) is 0 Å². The normalized spacial score (nSPS) is 20.9. The Bertz CT molecular complexity index is 1140. The highest BCUT2D eigenvalue weighted by atomic mass is 14.7. The van der Waals surface area contributed by atoms with Crippen LogP contribution in [0.5, 0.6) is 0 Å². The van der Waals surface area contributed by atoms with Gasteiger partial charge in [-0.05, 0) is 99.3 Å². The van der Waals surface area contributed by atoms with E-state index in [1.54, 1.807) is 5.56 Å². The number of pyridine rings is 1. The van der Waals surface area contributed by atoms with E-state index in [9.17, 15) is 0 Å². The lowest BCUT2D eigenvalue weighted by Crippen LogP contribution is -2.50. The van der Waals surface area contributed by atoms with Gasteiger partial charge in [0.1, 0.15) is 0 Å². The lowest BCUT2D eigenvalue weighted by Gasteiger charge is -2.55. The summed E-state index contributed by atoms with van der Waals surface area (Å²) in [6.07, 6.45) is 23.8. The third-order valence-electron chi connectivity index (χ3n) is 10.6. The summed E-state index contributed by atoms with van der Waals surface area (Å²) < 4.78 is 0. The number of hydrogen-bond acceptors (Lipinski definition) is 1. The molecule has 0 N–H and O–H groups in total. The first-order valence-corrected chi connectivity index (χ1v) is 15.6. The first-order chi connectivity index (χ1) is 18.2. The molecule has 37 heavy (non-hydrogen) atoms. The summed E-state index contributed by atoms with van der Waals surface area (Å²) in [4.78, 5) is 4.92. The van der Waals surface area contributed by atoms with Crippen LogP contribution in [0.3, 0.4) is 0 Å². The van der Waals surface area contributed by atoms with Gasteiger partial charge < -0.3 is 0 Å². The minimum atomic E-state index is 0.374. The number of aromatic nitrogens is 1. The second kappa shape index (κ2) is 10.9. The van der Waals surface area contributed by atoms with Gasteiger partial charge in [0.2, 0.25) is 0 Å². The molecule has 6 rings (SSSR count). The second-order valence-electron chi connectivity index (χ2n) is 12.9. The molecule has 3 aromatic rings. The van der Waals surface area contributed by atoms with Gasteiger partial charge in [-0.1, -0.05) is 93.2 Å². The van der Waals surface area contributed by atoms with E-state index in [1.165, 1.54) is 124 Å². The molecule has 3 fully saturated rings. The summed E-state index contributed by atoms with van der Waals surface area (Å²) in [5.41, 5.74) is 7.11. The molecule has 1 aromatic heterocycles. The lowest BCUT2D eigenvalue weighted by atomic mass is 9.49. The van der Waals surface area contributed by atoms with Gasteiger partial charge in [0.15, 0.2) is 0 Å². The quantitative estimate of drug-likeness (QED) is 0.344. The van der Waals surface area contributed by atoms with Gasteiger partial charge >= 0.3 is 0 Å². The van der Waals surface area contributed by atoms with Crippen molar-refractivity contribution in [2.45, 2.75) is 116 Å². The van der Waals surface area contributed by atoms with Gasteiger partial charge in [-0.15, -0.1) is 0 Å². The van der Waals surface area contributed by atoms with Crippen LogP contribution in [0.1, 0.15) is 113 Å². The van der Waals surface area contributed by atoms with Crippen molar-refractivity contribution in [3.05, 3.63) is 65.4 Å². The van der Waals surface area contributed by atoms with Crippen molar-refractivity contribution in [2.24, 2.45) is 17.8 Å². The van der Waals surface area contributed by atoms with E-state index >= 15 is 0 Å². The van der Waals surface area contributed by atoms with Crippen LogP contribution in [0.2, 0.25) is 0 Å². The topological polar surface area (TPSA) is 12.9 Å². The molecule has 0 amide bonds. The number of aryl methyl sites for hydroxylation is 2. The Morgan fingerprint density at radius 3 is 1.62 bits per heavy atom. The van der Waals surface area contributed by atoms with E-state index in [2.05, 4.69) is 62.5 Å². The summed E-state index contributed by atoms with van der Waals surface area (Å²) in [5.74, 6) is 2.60. The molecule has 2 aromatic carbocycles. The zero-order valence-electron chi connectivity index (χ0n) is 23.4. The molecular weight excluding hydrogens is 446 g/mol. The van der Waals surface area contributed by atoms with E-state index in [-0.39, 0.29) is 0 Å². The Morgan fingerprint density at radius 2 is 1.11 bits per heavy atom. The molecule has 0 spiro atoms.